The van der Waals surface area contributed by atoms with Crippen molar-refractivity contribution < 1.29 is 9.53 Å². The molecule has 1 aliphatic rings. The zero-order chi connectivity index (χ0) is 14.5. The standard InChI is InChI=1S/C16H17N3O2/c20-16(13-5-2-1-3-6-13)19-10-4-7-14(12-19)21-15-11-17-8-9-18-15/h1-3,5-6,8-9,11,14H,4,7,10,12H2. The van der Waals surface area contributed by atoms with Crippen molar-refractivity contribution in [3.8, 4) is 5.88 Å². The molecule has 1 aromatic carbocycles. The van der Waals surface area contributed by atoms with Crippen LogP contribution >= 0.6 is 0 Å². The van der Waals surface area contributed by atoms with E-state index in [0.717, 1.165) is 24.9 Å². The summed E-state index contributed by atoms with van der Waals surface area (Å²) >= 11 is 0. The monoisotopic (exact) mass is 283 g/mol. The number of piperidine rings is 1. The van der Waals surface area contributed by atoms with E-state index in [4.69, 9.17) is 4.74 Å². The molecule has 0 spiro atoms. The molecule has 1 amide bonds. The molecular formula is C16H17N3O2. The Hall–Kier alpha value is -2.43. The lowest BCUT2D eigenvalue weighted by Crippen LogP contribution is -2.44. The lowest BCUT2D eigenvalue weighted by atomic mass is 10.1. The van der Waals surface area contributed by atoms with Crippen molar-refractivity contribution in [2.24, 2.45) is 0 Å². The van der Waals surface area contributed by atoms with Crippen LogP contribution in [-0.2, 0) is 0 Å². The second-order valence-corrected chi connectivity index (χ2v) is 5.04. The van der Waals surface area contributed by atoms with Gasteiger partial charge in [0, 0.05) is 24.5 Å². The number of carbonyl (C=O) groups excluding carboxylic acids is 1. The number of carbonyl (C=O) groups is 1. The molecule has 5 heteroatoms. The second-order valence-electron chi connectivity index (χ2n) is 5.04. The number of benzene rings is 1. The van der Waals surface area contributed by atoms with Gasteiger partial charge in [0.2, 0.25) is 5.88 Å². The molecule has 2 heterocycles. The minimum absolute atomic E-state index is 0.0249. The summed E-state index contributed by atoms with van der Waals surface area (Å²) in [4.78, 5) is 22.4. The van der Waals surface area contributed by atoms with Crippen molar-refractivity contribution in [2.45, 2.75) is 18.9 Å². The average Bonchev–Trinajstić information content (AvgIpc) is 2.56. The van der Waals surface area contributed by atoms with Gasteiger partial charge in [0.25, 0.3) is 5.91 Å². The maximum Gasteiger partial charge on any atom is 0.253 e. The number of likely N-dealkylation sites (tertiary alicyclic amines) is 1. The summed E-state index contributed by atoms with van der Waals surface area (Å²) < 4.78 is 5.80. The molecule has 0 radical (unpaired) electrons. The first kappa shape index (κ1) is 13.5. The summed E-state index contributed by atoms with van der Waals surface area (Å²) in [7, 11) is 0. The number of nitrogens with zero attached hydrogens (tertiary/aromatic N) is 3. The second kappa shape index (κ2) is 6.35. The van der Waals surface area contributed by atoms with Crippen LogP contribution in [0.1, 0.15) is 23.2 Å². The van der Waals surface area contributed by atoms with E-state index in [1.165, 1.54) is 0 Å². The Labute approximate surface area is 123 Å². The van der Waals surface area contributed by atoms with Crippen molar-refractivity contribution >= 4 is 5.91 Å². The SMILES string of the molecule is O=C(c1ccccc1)N1CCCC(Oc2cnccn2)C1. The highest BCUT2D eigenvalue weighted by Crippen LogP contribution is 2.17. The largest absolute Gasteiger partial charge is 0.471 e. The zero-order valence-electron chi connectivity index (χ0n) is 11.7. The van der Waals surface area contributed by atoms with Gasteiger partial charge in [-0.2, -0.15) is 0 Å². The van der Waals surface area contributed by atoms with E-state index in [2.05, 4.69) is 9.97 Å². The third-order valence-electron chi connectivity index (χ3n) is 3.51. The van der Waals surface area contributed by atoms with E-state index in [9.17, 15) is 4.79 Å². The molecule has 1 atom stereocenters. The van der Waals surface area contributed by atoms with Gasteiger partial charge < -0.3 is 9.64 Å². The van der Waals surface area contributed by atoms with Crippen LogP contribution < -0.4 is 4.74 Å². The zero-order valence-corrected chi connectivity index (χ0v) is 11.7. The van der Waals surface area contributed by atoms with Crippen molar-refractivity contribution in [3.63, 3.8) is 0 Å². The molecule has 1 fully saturated rings. The molecule has 0 bridgehead atoms. The van der Waals surface area contributed by atoms with Crippen molar-refractivity contribution in [1.29, 1.82) is 0 Å². The van der Waals surface area contributed by atoms with Crippen LogP contribution in [-0.4, -0.2) is 40.0 Å². The van der Waals surface area contributed by atoms with E-state index in [1.54, 1.807) is 18.6 Å². The van der Waals surface area contributed by atoms with E-state index in [0.29, 0.717) is 12.4 Å². The first-order valence-corrected chi connectivity index (χ1v) is 7.10. The highest BCUT2D eigenvalue weighted by molar-refractivity contribution is 5.94. The summed E-state index contributed by atoms with van der Waals surface area (Å²) in [5, 5.41) is 0. The van der Waals surface area contributed by atoms with Crippen molar-refractivity contribution in [1.82, 2.24) is 14.9 Å². The molecule has 1 aliphatic heterocycles. The van der Waals surface area contributed by atoms with Crippen LogP contribution in [0.3, 0.4) is 0 Å². The maximum absolute atomic E-state index is 12.4. The Balaban J connectivity index is 1.64. The molecular weight excluding hydrogens is 266 g/mol. The topological polar surface area (TPSA) is 55.3 Å². The molecule has 0 saturated carbocycles. The summed E-state index contributed by atoms with van der Waals surface area (Å²) in [6, 6.07) is 9.35. The Morgan fingerprint density at radius 3 is 2.86 bits per heavy atom. The van der Waals surface area contributed by atoms with E-state index < -0.39 is 0 Å². The Bertz CT molecular complexity index is 589. The lowest BCUT2D eigenvalue weighted by Gasteiger charge is -2.32. The molecule has 0 aliphatic carbocycles. The van der Waals surface area contributed by atoms with Crippen molar-refractivity contribution in [2.75, 3.05) is 13.1 Å². The highest BCUT2D eigenvalue weighted by atomic mass is 16.5. The van der Waals surface area contributed by atoms with Gasteiger partial charge in [-0.05, 0) is 25.0 Å². The quantitative estimate of drug-likeness (QED) is 0.866. The Kier molecular flexibility index (Phi) is 4.09. The molecule has 1 saturated heterocycles. The smallest absolute Gasteiger partial charge is 0.253 e. The first-order chi connectivity index (χ1) is 10.3. The fraction of sp³-hybridized carbons (Fsp3) is 0.312. The van der Waals surface area contributed by atoms with Crippen LogP contribution in [0.15, 0.2) is 48.9 Å². The van der Waals surface area contributed by atoms with Gasteiger partial charge in [-0.3, -0.25) is 9.78 Å². The molecule has 2 aromatic rings. The van der Waals surface area contributed by atoms with Crippen LogP contribution in [0.4, 0.5) is 0 Å². The summed E-state index contributed by atoms with van der Waals surface area (Å²) in [5.41, 5.74) is 0.720. The molecule has 5 nitrogen and oxygen atoms in total. The number of amides is 1. The van der Waals surface area contributed by atoms with E-state index in [1.807, 2.05) is 35.2 Å². The van der Waals surface area contributed by atoms with Gasteiger partial charge in [0.1, 0.15) is 6.10 Å². The fourth-order valence-corrected chi connectivity index (χ4v) is 2.50. The van der Waals surface area contributed by atoms with Crippen LogP contribution in [0.25, 0.3) is 0 Å². The Morgan fingerprint density at radius 2 is 2.10 bits per heavy atom. The summed E-state index contributed by atoms with van der Waals surface area (Å²) in [6.45, 7) is 1.36. The molecule has 21 heavy (non-hydrogen) atoms. The first-order valence-electron chi connectivity index (χ1n) is 7.10. The van der Waals surface area contributed by atoms with Gasteiger partial charge >= 0.3 is 0 Å². The third kappa shape index (κ3) is 3.37. The van der Waals surface area contributed by atoms with Gasteiger partial charge in [0.15, 0.2) is 0 Å². The van der Waals surface area contributed by atoms with Gasteiger partial charge in [0.05, 0.1) is 12.7 Å². The van der Waals surface area contributed by atoms with Gasteiger partial charge in [-0.25, -0.2) is 4.98 Å². The average molecular weight is 283 g/mol. The number of hydrogen-bond donors (Lipinski definition) is 0. The number of rotatable bonds is 3. The Morgan fingerprint density at radius 1 is 1.24 bits per heavy atom. The van der Waals surface area contributed by atoms with Crippen LogP contribution in [0, 0.1) is 0 Å². The predicted octanol–water partition coefficient (Wildman–Crippen LogP) is 2.16. The minimum Gasteiger partial charge on any atom is -0.471 e. The summed E-state index contributed by atoms with van der Waals surface area (Å²) in [6.07, 6.45) is 6.64. The fourth-order valence-electron chi connectivity index (χ4n) is 2.50. The van der Waals surface area contributed by atoms with Crippen LogP contribution in [0.2, 0.25) is 0 Å². The normalized spacial score (nSPS) is 18.3. The van der Waals surface area contributed by atoms with Gasteiger partial charge in [-0.1, -0.05) is 18.2 Å². The van der Waals surface area contributed by atoms with E-state index >= 15 is 0 Å². The highest BCUT2D eigenvalue weighted by Gasteiger charge is 2.25. The van der Waals surface area contributed by atoms with Crippen molar-refractivity contribution in [3.05, 3.63) is 54.5 Å². The van der Waals surface area contributed by atoms with Gasteiger partial charge in [-0.15, -0.1) is 0 Å². The molecule has 108 valence electrons. The molecule has 3 rings (SSSR count). The lowest BCUT2D eigenvalue weighted by molar-refractivity contribution is 0.0527. The molecule has 1 aromatic heterocycles. The third-order valence-corrected chi connectivity index (χ3v) is 3.51. The number of aromatic nitrogens is 2. The molecule has 0 N–H and O–H groups in total. The van der Waals surface area contributed by atoms with Crippen LogP contribution in [0.5, 0.6) is 5.88 Å². The van der Waals surface area contributed by atoms with E-state index in [-0.39, 0.29) is 12.0 Å². The number of ether oxygens (including phenoxy) is 1. The minimum atomic E-state index is -0.0249. The maximum atomic E-state index is 12.4. The molecule has 1 unspecified atom stereocenters. The number of hydrogen-bond acceptors (Lipinski definition) is 4. The predicted molar refractivity (Wildman–Crippen MR) is 78.0 cm³/mol. The summed E-state index contributed by atoms with van der Waals surface area (Å²) in [5.74, 6) is 0.569.